The van der Waals surface area contributed by atoms with E-state index in [9.17, 15) is 4.21 Å². The molecule has 0 aliphatic rings. The number of nitrogens with zero attached hydrogens (tertiary/aromatic N) is 4. The SMILES string of the molecule is CP=S(=O)(c1ccc(C)cc1)c1nc(-c2ncc(C(C)(C)C)cn2)ns1. The molecule has 2 aromatic heterocycles. The average molecular weight is 405 g/mol. The Morgan fingerprint density at radius 1 is 1.04 bits per heavy atom. The maximum Gasteiger partial charge on any atom is 0.211 e. The Kier molecular flexibility index (Phi) is 5.24. The predicted octanol–water partition coefficient (Wildman–Crippen LogP) is 4.79. The Hall–Kier alpha value is -1.69. The van der Waals surface area contributed by atoms with Gasteiger partial charge in [0.2, 0.25) is 10.2 Å². The summed E-state index contributed by atoms with van der Waals surface area (Å²) in [7, 11) is -1.71. The smallest absolute Gasteiger partial charge is 0.211 e. The van der Waals surface area contributed by atoms with Crippen molar-refractivity contribution in [1.82, 2.24) is 19.3 Å². The van der Waals surface area contributed by atoms with Gasteiger partial charge in [-0.3, -0.25) is 4.21 Å². The molecule has 8 heteroatoms. The fourth-order valence-corrected chi connectivity index (χ4v) is 7.31. The van der Waals surface area contributed by atoms with Gasteiger partial charge in [0.1, 0.15) is 0 Å². The molecule has 0 fully saturated rings. The van der Waals surface area contributed by atoms with Crippen molar-refractivity contribution < 1.29 is 4.21 Å². The molecule has 0 amide bonds. The second-order valence-electron chi connectivity index (χ2n) is 6.95. The minimum Gasteiger partial charge on any atom is -0.251 e. The van der Waals surface area contributed by atoms with Crippen LogP contribution in [0.4, 0.5) is 0 Å². The molecule has 2 heterocycles. The molecule has 3 rings (SSSR count). The Morgan fingerprint density at radius 3 is 2.19 bits per heavy atom. The van der Waals surface area contributed by atoms with Crippen molar-refractivity contribution >= 4 is 28.0 Å². The van der Waals surface area contributed by atoms with Gasteiger partial charge in [-0.1, -0.05) is 38.5 Å². The molecular weight excluding hydrogens is 383 g/mol. The minimum absolute atomic E-state index is 0.0138. The summed E-state index contributed by atoms with van der Waals surface area (Å²) in [4.78, 5) is 14.1. The van der Waals surface area contributed by atoms with E-state index in [1.54, 1.807) is 12.4 Å². The molecule has 0 spiro atoms. The fourth-order valence-electron chi connectivity index (χ4n) is 2.25. The van der Waals surface area contributed by atoms with Crippen molar-refractivity contribution in [2.45, 2.75) is 42.3 Å². The Labute approximate surface area is 160 Å². The number of aryl methyl sites for hydroxylation is 1. The van der Waals surface area contributed by atoms with Crippen LogP contribution in [0.2, 0.25) is 0 Å². The van der Waals surface area contributed by atoms with E-state index in [2.05, 4.69) is 40.1 Å². The molecule has 0 saturated heterocycles. The highest BCUT2D eigenvalue weighted by Crippen LogP contribution is 2.31. The lowest BCUT2D eigenvalue weighted by molar-refractivity contribution is 0.584. The first-order chi connectivity index (χ1) is 12.2. The van der Waals surface area contributed by atoms with Crippen molar-refractivity contribution in [2.24, 2.45) is 0 Å². The van der Waals surface area contributed by atoms with Gasteiger partial charge >= 0.3 is 0 Å². The lowest BCUT2D eigenvalue weighted by Crippen LogP contribution is -2.12. The summed E-state index contributed by atoms with van der Waals surface area (Å²) in [5, 5.41) is 0. The van der Waals surface area contributed by atoms with E-state index in [1.165, 1.54) is 0 Å². The minimum atomic E-state index is -2.46. The highest BCUT2D eigenvalue weighted by Gasteiger charge is 2.21. The van der Waals surface area contributed by atoms with E-state index in [1.807, 2.05) is 37.9 Å². The molecule has 26 heavy (non-hydrogen) atoms. The van der Waals surface area contributed by atoms with E-state index in [0.29, 0.717) is 16.0 Å². The maximum absolute atomic E-state index is 13.6. The number of benzene rings is 1. The van der Waals surface area contributed by atoms with E-state index in [4.69, 9.17) is 0 Å². The maximum atomic E-state index is 13.6. The average Bonchev–Trinajstić information content (AvgIpc) is 3.12. The summed E-state index contributed by atoms with van der Waals surface area (Å²) >= 11 is 1.16. The Morgan fingerprint density at radius 2 is 1.65 bits per heavy atom. The molecule has 5 nitrogen and oxygen atoms in total. The fraction of sp³-hybridized carbons (Fsp3) is 0.333. The summed E-state index contributed by atoms with van der Waals surface area (Å²) in [6.07, 6.45) is 3.61. The van der Waals surface area contributed by atoms with Crippen molar-refractivity contribution in [1.29, 1.82) is 0 Å². The molecule has 0 radical (unpaired) electrons. The van der Waals surface area contributed by atoms with Crippen molar-refractivity contribution in [3.8, 4) is 11.6 Å². The summed E-state index contributed by atoms with van der Waals surface area (Å²) in [5.74, 6) is 0.882. The lowest BCUT2D eigenvalue weighted by atomic mass is 9.89. The summed E-state index contributed by atoms with van der Waals surface area (Å²) in [5.41, 5.74) is 2.17. The van der Waals surface area contributed by atoms with Crippen LogP contribution in [-0.2, 0) is 14.5 Å². The van der Waals surface area contributed by atoms with Crippen molar-refractivity contribution in [3.05, 3.63) is 47.8 Å². The number of rotatable bonds is 3. The third-order valence-corrected chi connectivity index (χ3v) is 10.5. The van der Waals surface area contributed by atoms with Crippen LogP contribution < -0.4 is 0 Å². The zero-order valence-electron chi connectivity index (χ0n) is 15.4. The van der Waals surface area contributed by atoms with Crippen molar-refractivity contribution in [3.63, 3.8) is 0 Å². The van der Waals surface area contributed by atoms with Crippen LogP contribution in [0.25, 0.3) is 11.6 Å². The molecule has 3 aromatic rings. The van der Waals surface area contributed by atoms with Gasteiger partial charge in [0, 0.05) is 17.3 Å². The molecule has 0 saturated carbocycles. The molecule has 0 N–H and O–H groups in total. The molecule has 0 bridgehead atoms. The van der Waals surface area contributed by atoms with Gasteiger partial charge in [0.25, 0.3) is 0 Å². The van der Waals surface area contributed by atoms with E-state index < -0.39 is 9.11 Å². The molecule has 0 aliphatic carbocycles. The molecule has 1 unspecified atom stereocenters. The third-order valence-electron chi connectivity index (χ3n) is 3.96. The van der Waals surface area contributed by atoms with Gasteiger partial charge in [-0.05, 0) is 55.6 Å². The first-order valence-corrected chi connectivity index (χ1v) is 12.4. The largest absolute Gasteiger partial charge is 0.251 e. The van der Waals surface area contributed by atoms with Gasteiger partial charge in [0.05, 0.1) is 9.11 Å². The summed E-state index contributed by atoms with van der Waals surface area (Å²) in [6.45, 7) is 10.2. The Bertz CT molecular complexity index is 1030. The van der Waals surface area contributed by atoms with Crippen LogP contribution in [0.5, 0.6) is 0 Å². The van der Waals surface area contributed by atoms with E-state index >= 15 is 0 Å². The second kappa shape index (κ2) is 7.14. The van der Waals surface area contributed by atoms with Crippen LogP contribution >= 0.6 is 18.9 Å². The van der Waals surface area contributed by atoms with E-state index in [0.717, 1.165) is 34.9 Å². The van der Waals surface area contributed by atoms with Gasteiger partial charge < -0.3 is 0 Å². The van der Waals surface area contributed by atoms with Gasteiger partial charge in [-0.2, -0.15) is 4.37 Å². The highest BCUT2D eigenvalue weighted by molar-refractivity contribution is 8.26. The van der Waals surface area contributed by atoms with Crippen molar-refractivity contribution in [2.75, 3.05) is 6.66 Å². The second-order valence-corrected chi connectivity index (χ2v) is 12.9. The van der Waals surface area contributed by atoms with Crippen LogP contribution in [0.3, 0.4) is 0 Å². The first-order valence-electron chi connectivity index (χ1n) is 8.12. The monoisotopic (exact) mass is 404 g/mol. The molecule has 1 aromatic carbocycles. The number of hydrogen-bond acceptors (Lipinski definition) is 6. The van der Waals surface area contributed by atoms with Crippen LogP contribution in [0.15, 0.2) is 45.9 Å². The normalized spacial score (nSPS) is 14.3. The quantitative estimate of drug-likeness (QED) is 0.587. The third kappa shape index (κ3) is 3.70. The van der Waals surface area contributed by atoms with Gasteiger partial charge in [0.15, 0.2) is 5.82 Å². The molecular formula is C18H21N4OPS2. The van der Waals surface area contributed by atoms with E-state index in [-0.39, 0.29) is 5.41 Å². The Balaban J connectivity index is 1.99. The van der Waals surface area contributed by atoms with Crippen LogP contribution in [0, 0.1) is 6.92 Å². The highest BCUT2D eigenvalue weighted by atomic mass is 32.5. The topological polar surface area (TPSA) is 68.6 Å². The van der Waals surface area contributed by atoms with Crippen LogP contribution in [-0.4, -0.2) is 30.2 Å². The predicted molar refractivity (Wildman–Crippen MR) is 108 cm³/mol. The standard InChI is InChI=1S/C18H21N4OPS2/c1-12-6-8-14(9-7-12)26(23,24-5)17-21-16(22-25-17)15-19-10-13(11-20-15)18(2,3)4/h6-11H,1-5H3. The zero-order valence-corrected chi connectivity index (χ0v) is 18.0. The molecule has 136 valence electrons. The molecule has 0 aliphatic heterocycles. The first kappa shape index (κ1) is 19.1. The summed E-state index contributed by atoms with van der Waals surface area (Å²) < 4.78 is 18.4. The number of hydrogen-bond donors (Lipinski definition) is 0. The summed E-state index contributed by atoms with van der Waals surface area (Å²) in [6, 6.07) is 7.75. The molecule has 1 atom stereocenters. The van der Waals surface area contributed by atoms with Crippen LogP contribution in [0.1, 0.15) is 31.9 Å². The zero-order chi connectivity index (χ0) is 18.9. The van der Waals surface area contributed by atoms with Gasteiger partial charge in [-0.25, -0.2) is 15.0 Å². The number of aromatic nitrogens is 4. The van der Waals surface area contributed by atoms with Gasteiger partial charge in [-0.15, -0.1) is 0 Å². The lowest BCUT2D eigenvalue weighted by Gasteiger charge is -2.17.